The minimum Gasteiger partial charge on any atom is -0.378 e. The third kappa shape index (κ3) is 5.23. The molecule has 1 heterocycles. The second-order valence-corrected chi connectivity index (χ2v) is 4.95. The molecule has 1 fully saturated rings. The van der Waals surface area contributed by atoms with Crippen molar-refractivity contribution >= 4 is 10.1 Å². The zero-order chi connectivity index (χ0) is 9.73. The molecule has 0 radical (unpaired) electrons. The Bertz CT molecular complexity index is 229. The summed E-state index contributed by atoms with van der Waals surface area (Å²) in [6, 6.07) is 0. The van der Waals surface area contributed by atoms with Gasteiger partial charge in [-0.3, -0.25) is 4.18 Å². The van der Waals surface area contributed by atoms with E-state index in [1.807, 2.05) is 0 Å². The fourth-order valence-corrected chi connectivity index (χ4v) is 1.76. The summed E-state index contributed by atoms with van der Waals surface area (Å²) >= 11 is 0. The molecular weight excluding hydrogens is 192 g/mol. The van der Waals surface area contributed by atoms with E-state index in [4.69, 9.17) is 4.74 Å². The van der Waals surface area contributed by atoms with E-state index in [1.165, 1.54) is 6.42 Å². The molecule has 0 aliphatic carbocycles. The maximum Gasteiger partial charge on any atom is 0.264 e. The van der Waals surface area contributed by atoms with Gasteiger partial charge in [0, 0.05) is 6.61 Å². The molecule has 0 N–H and O–H groups in total. The fourth-order valence-electron chi connectivity index (χ4n) is 1.37. The lowest BCUT2D eigenvalue weighted by atomic mass is 10.1. The van der Waals surface area contributed by atoms with Gasteiger partial charge in [0.25, 0.3) is 10.1 Å². The van der Waals surface area contributed by atoms with E-state index in [1.54, 1.807) is 0 Å². The first-order valence-electron chi connectivity index (χ1n) is 4.54. The minimum atomic E-state index is -3.28. The van der Waals surface area contributed by atoms with E-state index >= 15 is 0 Å². The van der Waals surface area contributed by atoms with Crippen LogP contribution in [0.25, 0.3) is 0 Å². The lowest BCUT2D eigenvalue weighted by Crippen LogP contribution is -2.21. The van der Waals surface area contributed by atoms with Crippen LogP contribution in [0, 0.1) is 0 Å². The van der Waals surface area contributed by atoms with Gasteiger partial charge in [-0.15, -0.1) is 0 Å². The minimum absolute atomic E-state index is 0.190. The average Bonchev–Trinajstić information content (AvgIpc) is 2.04. The van der Waals surface area contributed by atoms with Gasteiger partial charge in [0.1, 0.15) is 0 Å². The monoisotopic (exact) mass is 208 g/mol. The summed E-state index contributed by atoms with van der Waals surface area (Å²) in [6.45, 7) is 1.03. The van der Waals surface area contributed by atoms with E-state index < -0.39 is 10.1 Å². The van der Waals surface area contributed by atoms with Gasteiger partial charge in [-0.25, -0.2) is 0 Å². The van der Waals surface area contributed by atoms with E-state index in [-0.39, 0.29) is 12.7 Å². The van der Waals surface area contributed by atoms with Crippen molar-refractivity contribution in [2.45, 2.75) is 31.8 Å². The average molecular weight is 208 g/mol. The van der Waals surface area contributed by atoms with E-state index in [9.17, 15) is 8.42 Å². The Morgan fingerprint density at radius 2 is 2.23 bits per heavy atom. The highest BCUT2D eigenvalue weighted by molar-refractivity contribution is 7.85. The van der Waals surface area contributed by atoms with Crippen LogP contribution in [-0.4, -0.2) is 34.0 Å². The predicted molar refractivity (Wildman–Crippen MR) is 49.0 cm³/mol. The van der Waals surface area contributed by atoms with Crippen molar-refractivity contribution in [3.8, 4) is 0 Å². The first-order chi connectivity index (χ1) is 6.08. The highest BCUT2D eigenvalue weighted by Gasteiger charge is 2.14. The van der Waals surface area contributed by atoms with E-state index in [0.29, 0.717) is 6.42 Å². The molecule has 0 aromatic heterocycles. The predicted octanol–water partition coefficient (Wildman–Crippen LogP) is 0.922. The molecule has 0 aromatic rings. The second kappa shape index (κ2) is 4.93. The summed E-state index contributed by atoms with van der Waals surface area (Å²) in [5.41, 5.74) is 0. The molecule has 1 rings (SSSR count). The Balaban J connectivity index is 2.11. The molecule has 13 heavy (non-hydrogen) atoms. The van der Waals surface area contributed by atoms with Crippen LogP contribution < -0.4 is 0 Å². The third-order valence-electron chi connectivity index (χ3n) is 2.01. The first kappa shape index (κ1) is 10.9. The van der Waals surface area contributed by atoms with Gasteiger partial charge in [0.05, 0.1) is 19.0 Å². The van der Waals surface area contributed by atoms with Crippen molar-refractivity contribution in [3.05, 3.63) is 0 Å². The van der Waals surface area contributed by atoms with Crippen LogP contribution in [0.4, 0.5) is 0 Å². The molecule has 0 amide bonds. The summed E-state index contributed by atoms with van der Waals surface area (Å²) in [5.74, 6) is 0. The summed E-state index contributed by atoms with van der Waals surface area (Å²) < 4.78 is 31.3. The highest BCUT2D eigenvalue weighted by Crippen LogP contribution is 2.15. The van der Waals surface area contributed by atoms with Crippen molar-refractivity contribution in [2.24, 2.45) is 0 Å². The lowest BCUT2D eigenvalue weighted by molar-refractivity contribution is 0.00457. The second-order valence-electron chi connectivity index (χ2n) is 3.30. The van der Waals surface area contributed by atoms with Crippen molar-refractivity contribution < 1.29 is 17.3 Å². The molecule has 0 saturated carbocycles. The molecule has 1 aliphatic heterocycles. The van der Waals surface area contributed by atoms with Gasteiger partial charge in [0.2, 0.25) is 0 Å². The normalized spacial score (nSPS) is 24.5. The van der Waals surface area contributed by atoms with Crippen molar-refractivity contribution in [1.82, 2.24) is 0 Å². The molecule has 4 nitrogen and oxygen atoms in total. The van der Waals surface area contributed by atoms with Gasteiger partial charge in [-0.2, -0.15) is 8.42 Å². The number of hydrogen-bond acceptors (Lipinski definition) is 4. The Morgan fingerprint density at radius 3 is 2.77 bits per heavy atom. The van der Waals surface area contributed by atoms with Crippen LogP contribution >= 0.6 is 0 Å². The molecule has 1 atom stereocenters. The molecule has 0 bridgehead atoms. The Hall–Kier alpha value is -0.130. The Kier molecular flexibility index (Phi) is 4.15. The van der Waals surface area contributed by atoms with Crippen LogP contribution in [0.1, 0.15) is 25.7 Å². The first-order valence-corrected chi connectivity index (χ1v) is 6.35. The van der Waals surface area contributed by atoms with Crippen molar-refractivity contribution in [3.63, 3.8) is 0 Å². The summed E-state index contributed by atoms with van der Waals surface area (Å²) in [6.07, 6.45) is 5.23. The zero-order valence-electron chi connectivity index (χ0n) is 7.86. The van der Waals surface area contributed by atoms with E-state index in [0.717, 1.165) is 25.7 Å². The van der Waals surface area contributed by atoms with Crippen molar-refractivity contribution in [1.29, 1.82) is 0 Å². The largest absolute Gasteiger partial charge is 0.378 e. The molecular formula is C8H16O4S. The molecule has 78 valence electrons. The summed E-state index contributed by atoms with van der Waals surface area (Å²) in [4.78, 5) is 0. The van der Waals surface area contributed by atoms with Gasteiger partial charge >= 0.3 is 0 Å². The maximum atomic E-state index is 10.6. The van der Waals surface area contributed by atoms with Crippen LogP contribution in [0.5, 0.6) is 0 Å². The smallest absolute Gasteiger partial charge is 0.264 e. The molecule has 0 aromatic carbocycles. The topological polar surface area (TPSA) is 52.6 Å². The Labute approximate surface area is 79.3 Å². The fraction of sp³-hybridized carbons (Fsp3) is 1.00. The number of hydrogen-bond donors (Lipinski definition) is 0. The molecule has 0 unspecified atom stereocenters. The zero-order valence-corrected chi connectivity index (χ0v) is 8.68. The number of ether oxygens (including phenoxy) is 1. The van der Waals surface area contributed by atoms with Crippen LogP contribution in [0.2, 0.25) is 0 Å². The quantitative estimate of drug-likeness (QED) is 0.645. The van der Waals surface area contributed by atoms with Gasteiger partial charge in [-0.1, -0.05) is 0 Å². The Morgan fingerprint density at radius 1 is 1.46 bits per heavy atom. The molecule has 1 aliphatic rings. The summed E-state index contributed by atoms with van der Waals surface area (Å²) in [7, 11) is -3.28. The van der Waals surface area contributed by atoms with Crippen LogP contribution in [-0.2, 0) is 19.0 Å². The SMILES string of the molecule is CS(=O)(=O)OCC[C@H]1CCCCO1. The highest BCUT2D eigenvalue weighted by atomic mass is 32.2. The summed E-state index contributed by atoms with van der Waals surface area (Å²) in [5, 5.41) is 0. The van der Waals surface area contributed by atoms with Gasteiger partial charge < -0.3 is 4.74 Å². The van der Waals surface area contributed by atoms with Crippen molar-refractivity contribution in [2.75, 3.05) is 19.5 Å². The molecule has 1 saturated heterocycles. The van der Waals surface area contributed by atoms with Gasteiger partial charge in [0.15, 0.2) is 0 Å². The van der Waals surface area contributed by atoms with Gasteiger partial charge in [-0.05, 0) is 25.7 Å². The van der Waals surface area contributed by atoms with Crippen LogP contribution in [0.15, 0.2) is 0 Å². The third-order valence-corrected chi connectivity index (χ3v) is 2.61. The molecule has 5 heteroatoms. The van der Waals surface area contributed by atoms with Crippen LogP contribution in [0.3, 0.4) is 0 Å². The lowest BCUT2D eigenvalue weighted by Gasteiger charge is -2.21. The maximum absolute atomic E-state index is 10.6. The molecule has 0 spiro atoms. The number of rotatable bonds is 4. The standard InChI is InChI=1S/C8H16O4S/c1-13(9,10)12-7-5-8-4-2-3-6-11-8/h8H,2-7H2,1H3/t8-/m1/s1. The van der Waals surface area contributed by atoms with E-state index in [2.05, 4.69) is 4.18 Å².